The Morgan fingerprint density at radius 1 is 1.50 bits per heavy atom. The number of alkyl halides is 1. The summed E-state index contributed by atoms with van der Waals surface area (Å²) in [4.78, 5) is 11.7. The predicted molar refractivity (Wildman–Crippen MR) is 68.8 cm³/mol. The lowest BCUT2D eigenvalue weighted by Gasteiger charge is -2.35. The third kappa shape index (κ3) is 4.42. The fourth-order valence-corrected chi connectivity index (χ4v) is 2.08. The average Bonchev–Trinajstić information content (AvgIpc) is 2.14. The summed E-state index contributed by atoms with van der Waals surface area (Å²) in [7, 11) is 0. The summed E-state index contributed by atoms with van der Waals surface area (Å²) in [6.45, 7) is 6.82. The van der Waals surface area contributed by atoms with Crippen LogP contribution < -0.4 is 5.32 Å². The largest absolute Gasteiger partial charge is 0.378 e. The topological polar surface area (TPSA) is 38.3 Å². The molecule has 4 heteroatoms. The summed E-state index contributed by atoms with van der Waals surface area (Å²) in [5.41, 5.74) is -0.153. The van der Waals surface area contributed by atoms with Crippen molar-refractivity contribution in [2.45, 2.75) is 51.7 Å². The minimum absolute atomic E-state index is 0.153. The van der Waals surface area contributed by atoms with Crippen molar-refractivity contribution in [1.82, 2.24) is 5.32 Å². The van der Waals surface area contributed by atoms with Gasteiger partial charge in [-0.3, -0.25) is 4.79 Å². The summed E-state index contributed by atoms with van der Waals surface area (Å²) < 4.78 is 5.47. The van der Waals surface area contributed by atoms with Gasteiger partial charge in [0.05, 0.1) is 6.10 Å². The molecule has 16 heavy (non-hydrogen) atoms. The molecule has 0 aromatic carbocycles. The molecule has 0 aliphatic heterocycles. The van der Waals surface area contributed by atoms with Crippen LogP contribution in [-0.4, -0.2) is 29.5 Å². The summed E-state index contributed by atoms with van der Waals surface area (Å²) in [6, 6.07) is 0. The lowest BCUT2D eigenvalue weighted by Crippen LogP contribution is -2.46. The van der Waals surface area contributed by atoms with Crippen molar-refractivity contribution < 1.29 is 9.53 Å². The molecule has 1 amide bonds. The average molecular weight is 292 g/mol. The molecule has 3 nitrogen and oxygen atoms in total. The molecule has 1 rings (SSSR count). The zero-order valence-electron chi connectivity index (χ0n) is 10.4. The molecule has 94 valence electrons. The Bertz CT molecular complexity index is 237. The summed E-state index contributed by atoms with van der Waals surface area (Å²) in [5, 5.41) is 3.80. The number of amides is 1. The van der Waals surface area contributed by atoms with Gasteiger partial charge in [0.15, 0.2) is 0 Å². The first-order valence-electron chi connectivity index (χ1n) is 5.95. The molecular weight excluding hydrogens is 270 g/mol. The van der Waals surface area contributed by atoms with E-state index in [-0.39, 0.29) is 11.4 Å². The number of rotatable bonds is 6. The summed E-state index contributed by atoms with van der Waals surface area (Å²) in [6.07, 6.45) is 3.11. The second-order valence-electron chi connectivity index (χ2n) is 5.18. The normalized spacial score (nSPS) is 25.0. The molecule has 0 radical (unpaired) electrons. The second-order valence-corrected chi connectivity index (χ2v) is 5.75. The maximum absolute atomic E-state index is 11.7. The Labute approximate surface area is 106 Å². The monoisotopic (exact) mass is 291 g/mol. The fraction of sp³-hybridized carbons (Fsp3) is 0.917. The molecule has 1 aliphatic carbocycles. The van der Waals surface area contributed by atoms with E-state index in [9.17, 15) is 4.79 Å². The summed E-state index contributed by atoms with van der Waals surface area (Å²) in [5.74, 6) is 0.673. The molecule has 1 saturated carbocycles. The van der Waals surface area contributed by atoms with Crippen molar-refractivity contribution in [3.8, 4) is 0 Å². The number of carbonyl (C=O) groups is 1. The third-order valence-corrected chi connectivity index (χ3v) is 4.28. The van der Waals surface area contributed by atoms with E-state index in [0.29, 0.717) is 18.4 Å². The first-order valence-corrected chi connectivity index (χ1v) is 7.07. The zero-order chi connectivity index (χ0) is 12.2. The highest BCUT2D eigenvalue weighted by atomic mass is 79.9. The number of nitrogens with one attached hydrogen (secondary N) is 1. The van der Waals surface area contributed by atoms with E-state index in [1.165, 1.54) is 0 Å². The predicted octanol–water partition coefficient (Wildman–Crippen LogP) is 2.48. The van der Waals surface area contributed by atoms with E-state index in [1.54, 1.807) is 0 Å². The highest BCUT2D eigenvalue weighted by Crippen LogP contribution is 2.32. The van der Waals surface area contributed by atoms with Gasteiger partial charge in [0.1, 0.15) is 0 Å². The molecule has 1 fully saturated rings. The molecule has 0 atom stereocenters. The molecule has 0 aromatic heterocycles. The van der Waals surface area contributed by atoms with Crippen LogP contribution in [0.1, 0.15) is 40.0 Å². The Morgan fingerprint density at radius 3 is 2.62 bits per heavy atom. The zero-order valence-corrected chi connectivity index (χ0v) is 12.0. The van der Waals surface area contributed by atoms with Crippen LogP contribution in [-0.2, 0) is 9.53 Å². The standard InChI is InChI=1S/C12H22BrNO2/c1-4-16-10-5-9(6-10)7-11(15)14-12(2,3)8-13/h9-10H,4-8H2,1-3H3,(H,14,15). The Balaban J connectivity index is 2.17. The number of hydrogen-bond donors (Lipinski definition) is 1. The van der Waals surface area contributed by atoms with Gasteiger partial charge in [0, 0.05) is 23.9 Å². The van der Waals surface area contributed by atoms with Crippen LogP contribution in [0.25, 0.3) is 0 Å². The van der Waals surface area contributed by atoms with Gasteiger partial charge < -0.3 is 10.1 Å². The number of halogens is 1. The van der Waals surface area contributed by atoms with Crippen LogP contribution in [0.5, 0.6) is 0 Å². The van der Waals surface area contributed by atoms with E-state index in [0.717, 1.165) is 24.8 Å². The Morgan fingerprint density at radius 2 is 2.12 bits per heavy atom. The first-order chi connectivity index (χ1) is 7.46. The highest BCUT2D eigenvalue weighted by molar-refractivity contribution is 9.09. The molecule has 0 saturated heterocycles. The van der Waals surface area contributed by atoms with E-state index in [4.69, 9.17) is 4.74 Å². The van der Waals surface area contributed by atoms with E-state index in [1.807, 2.05) is 20.8 Å². The molecule has 0 unspecified atom stereocenters. The smallest absolute Gasteiger partial charge is 0.220 e. The van der Waals surface area contributed by atoms with Gasteiger partial charge in [-0.25, -0.2) is 0 Å². The van der Waals surface area contributed by atoms with Crippen LogP contribution in [0.2, 0.25) is 0 Å². The Hall–Kier alpha value is -0.0900. The van der Waals surface area contributed by atoms with Crippen molar-refractivity contribution in [3.05, 3.63) is 0 Å². The quantitative estimate of drug-likeness (QED) is 0.764. The van der Waals surface area contributed by atoms with E-state index < -0.39 is 0 Å². The van der Waals surface area contributed by atoms with Crippen LogP contribution in [0.3, 0.4) is 0 Å². The van der Waals surface area contributed by atoms with Gasteiger partial charge in [-0.05, 0) is 39.5 Å². The van der Waals surface area contributed by atoms with Crippen LogP contribution in [0.15, 0.2) is 0 Å². The van der Waals surface area contributed by atoms with Crippen molar-refractivity contribution >= 4 is 21.8 Å². The van der Waals surface area contributed by atoms with Gasteiger partial charge in [-0.2, -0.15) is 0 Å². The van der Waals surface area contributed by atoms with Gasteiger partial charge in [0.2, 0.25) is 5.91 Å². The molecular formula is C12H22BrNO2. The first kappa shape index (κ1) is 14.0. The molecule has 1 N–H and O–H groups in total. The van der Waals surface area contributed by atoms with Crippen molar-refractivity contribution in [2.24, 2.45) is 5.92 Å². The molecule has 0 spiro atoms. The maximum Gasteiger partial charge on any atom is 0.220 e. The minimum atomic E-state index is -0.153. The van der Waals surface area contributed by atoms with Crippen LogP contribution >= 0.6 is 15.9 Å². The van der Waals surface area contributed by atoms with Crippen LogP contribution in [0.4, 0.5) is 0 Å². The molecule has 0 heterocycles. The highest BCUT2D eigenvalue weighted by Gasteiger charge is 2.32. The van der Waals surface area contributed by atoms with E-state index >= 15 is 0 Å². The van der Waals surface area contributed by atoms with Gasteiger partial charge >= 0.3 is 0 Å². The minimum Gasteiger partial charge on any atom is -0.378 e. The van der Waals surface area contributed by atoms with Crippen molar-refractivity contribution in [1.29, 1.82) is 0 Å². The third-order valence-electron chi connectivity index (χ3n) is 2.88. The number of hydrogen-bond acceptors (Lipinski definition) is 2. The van der Waals surface area contributed by atoms with E-state index in [2.05, 4.69) is 21.2 Å². The van der Waals surface area contributed by atoms with Crippen molar-refractivity contribution in [2.75, 3.05) is 11.9 Å². The molecule has 0 aromatic rings. The number of carbonyl (C=O) groups excluding carboxylic acids is 1. The van der Waals surface area contributed by atoms with Crippen LogP contribution in [0, 0.1) is 5.92 Å². The number of ether oxygens (including phenoxy) is 1. The van der Waals surface area contributed by atoms with Gasteiger partial charge in [-0.1, -0.05) is 15.9 Å². The lowest BCUT2D eigenvalue weighted by molar-refractivity contribution is -0.125. The Kier molecular flexibility index (Phi) is 5.25. The van der Waals surface area contributed by atoms with Gasteiger partial charge in [0.25, 0.3) is 0 Å². The SMILES string of the molecule is CCOC1CC(CC(=O)NC(C)(C)CBr)C1. The molecule has 0 bridgehead atoms. The lowest BCUT2D eigenvalue weighted by atomic mass is 9.79. The fourth-order valence-electron chi connectivity index (χ4n) is 1.94. The summed E-state index contributed by atoms with van der Waals surface area (Å²) >= 11 is 3.39. The maximum atomic E-state index is 11.7. The molecule has 1 aliphatic rings. The van der Waals surface area contributed by atoms with Gasteiger partial charge in [-0.15, -0.1) is 0 Å². The second kappa shape index (κ2) is 6.01. The van der Waals surface area contributed by atoms with Crippen molar-refractivity contribution in [3.63, 3.8) is 0 Å².